The maximum Gasteiger partial charge on any atom is 0.472 e. The maximum atomic E-state index is 14.1. The molecule has 83 heavy (non-hydrogen) atoms. The van der Waals surface area contributed by atoms with Crippen molar-refractivity contribution in [1.29, 1.82) is 0 Å². The molecule has 0 aromatic heterocycles. The summed E-state index contributed by atoms with van der Waals surface area (Å²) in [5, 5.41) is 0. The standard InChI is InChI=1S/C28H9F50O4P/c29-5(30,7(33,34)9(37,38)11(41,42)13(45,46)15(49,50)17(53,54)19(57,58)21(61,62)23(65,66)25(69,70)27(73,74)75)1-3-81-83(79,80)82-4-2-6(31,32)8(35,36)10(39,40)12(43,44)14(47,48)16(51,52)18(55,56)20(59,60)22(63,64)24(67,68)26(71,72)28(76,77)78/h1-4H2,(H,79,80). The maximum absolute atomic E-state index is 14.1. The van der Waals surface area contributed by atoms with Gasteiger partial charge in [0.25, 0.3) is 0 Å². The van der Waals surface area contributed by atoms with E-state index in [1.807, 2.05) is 0 Å². The predicted octanol–water partition coefficient (Wildman–Crippen LogP) is 17.0. The molecular weight excluding hydrogens is 1380 g/mol. The van der Waals surface area contributed by atoms with Crippen molar-refractivity contribution in [2.45, 2.75) is 155 Å². The van der Waals surface area contributed by atoms with Crippen LogP contribution in [0.25, 0.3) is 0 Å². The van der Waals surface area contributed by atoms with Gasteiger partial charge in [0, 0.05) is 12.8 Å². The van der Waals surface area contributed by atoms with E-state index in [1.165, 1.54) is 0 Å². The number of phosphoric ester groups is 1. The summed E-state index contributed by atoms with van der Waals surface area (Å²) in [6.07, 6.45) is -25.3. The van der Waals surface area contributed by atoms with E-state index in [9.17, 15) is 224 Å². The number of rotatable bonds is 28. The third kappa shape index (κ3) is 10.4. The summed E-state index contributed by atoms with van der Waals surface area (Å²) in [6, 6.07) is 0. The number of halogens is 50. The molecule has 0 saturated carbocycles. The molecule has 0 rings (SSSR count). The van der Waals surface area contributed by atoms with Gasteiger partial charge < -0.3 is 4.89 Å². The second-order valence-corrected chi connectivity index (χ2v) is 17.0. The fourth-order valence-corrected chi connectivity index (χ4v) is 5.62. The molecule has 1 N–H and O–H groups in total. The van der Waals surface area contributed by atoms with Gasteiger partial charge in [0.05, 0.1) is 13.2 Å². The van der Waals surface area contributed by atoms with Crippen molar-refractivity contribution in [1.82, 2.24) is 0 Å². The van der Waals surface area contributed by atoms with E-state index in [2.05, 4.69) is 9.05 Å². The Labute approximate surface area is 415 Å². The van der Waals surface area contributed by atoms with Crippen LogP contribution in [0.5, 0.6) is 0 Å². The third-order valence-corrected chi connectivity index (χ3v) is 11.1. The minimum absolute atomic E-state index is 2.83. The summed E-state index contributed by atoms with van der Waals surface area (Å²) in [7, 11) is -7.40. The fourth-order valence-electron chi connectivity index (χ4n) is 4.90. The van der Waals surface area contributed by atoms with Crippen molar-refractivity contribution in [2.75, 3.05) is 13.2 Å². The molecule has 0 aromatic carbocycles. The van der Waals surface area contributed by atoms with Crippen LogP contribution in [0.3, 0.4) is 0 Å². The number of alkyl halides is 50. The molecule has 0 saturated heterocycles. The molecule has 0 radical (unpaired) electrons. The van der Waals surface area contributed by atoms with E-state index >= 15 is 0 Å². The minimum atomic E-state index is -10.1. The lowest BCUT2D eigenvalue weighted by Crippen LogP contribution is -2.78. The van der Waals surface area contributed by atoms with E-state index in [0.717, 1.165) is 0 Å². The Kier molecular flexibility index (Phi) is 19.5. The van der Waals surface area contributed by atoms with Gasteiger partial charge in [-0.25, -0.2) is 4.57 Å². The zero-order valence-electron chi connectivity index (χ0n) is 35.8. The largest absolute Gasteiger partial charge is 0.472 e. The van der Waals surface area contributed by atoms with Gasteiger partial charge in [-0.05, 0) is 0 Å². The summed E-state index contributed by atoms with van der Waals surface area (Å²) in [5.74, 6) is -209. The quantitative estimate of drug-likeness (QED) is 0.0627. The van der Waals surface area contributed by atoms with Crippen LogP contribution in [0.1, 0.15) is 12.8 Å². The van der Waals surface area contributed by atoms with E-state index in [0.29, 0.717) is 0 Å². The number of phosphoric acid groups is 1. The van der Waals surface area contributed by atoms with Gasteiger partial charge in [0.1, 0.15) is 0 Å². The van der Waals surface area contributed by atoms with Crippen LogP contribution in [0.2, 0.25) is 0 Å². The second-order valence-electron chi connectivity index (χ2n) is 15.5. The zero-order valence-corrected chi connectivity index (χ0v) is 36.7. The van der Waals surface area contributed by atoms with Crippen molar-refractivity contribution in [3.63, 3.8) is 0 Å². The third-order valence-electron chi connectivity index (χ3n) is 10.1. The van der Waals surface area contributed by atoms with Crippen molar-refractivity contribution in [3.05, 3.63) is 0 Å². The monoisotopic (exact) mass is 1390 g/mol. The van der Waals surface area contributed by atoms with E-state index in [-0.39, 0.29) is 0 Å². The molecule has 500 valence electrons. The van der Waals surface area contributed by atoms with E-state index < -0.39 is 177 Å². The van der Waals surface area contributed by atoms with Gasteiger partial charge in [-0.3, -0.25) is 9.05 Å². The summed E-state index contributed by atoms with van der Waals surface area (Å²) in [5.41, 5.74) is 0. The Morgan fingerprint density at radius 2 is 0.313 bits per heavy atom. The van der Waals surface area contributed by atoms with Crippen molar-refractivity contribution < 1.29 is 238 Å². The van der Waals surface area contributed by atoms with Gasteiger partial charge in [0.15, 0.2) is 0 Å². The van der Waals surface area contributed by atoms with Crippen molar-refractivity contribution in [2.24, 2.45) is 0 Å². The Hall–Kier alpha value is -3.39. The Morgan fingerprint density at radius 1 is 0.205 bits per heavy atom. The first-order valence-corrected chi connectivity index (χ1v) is 19.5. The molecule has 0 amide bonds. The first-order chi connectivity index (χ1) is 34.9. The van der Waals surface area contributed by atoms with E-state index in [1.54, 1.807) is 0 Å². The molecule has 0 unspecified atom stereocenters. The highest BCUT2D eigenvalue weighted by Crippen LogP contribution is 2.71. The summed E-state index contributed by atoms with van der Waals surface area (Å²) < 4.78 is 697. The van der Waals surface area contributed by atoms with Crippen LogP contribution < -0.4 is 0 Å². The fraction of sp³-hybridized carbons (Fsp3) is 1.00. The smallest absolute Gasteiger partial charge is 0.302 e. The normalized spacial score (nSPS) is 17.2. The molecule has 0 atom stereocenters. The lowest BCUT2D eigenvalue weighted by molar-refractivity contribution is -0.482. The molecule has 55 heteroatoms. The van der Waals surface area contributed by atoms with Crippen LogP contribution in [-0.2, 0) is 13.6 Å². The average Bonchev–Trinajstić information content (AvgIpc) is 3.23. The molecule has 0 fully saturated rings. The second kappa shape index (κ2) is 20.3. The Bertz CT molecular complexity index is 2180. The lowest BCUT2D eigenvalue weighted by Gasteiger charge is -2.45. The van der Waals surface area contributed by atoms with Gasteiger partial charge >= 0.3 is 150 Å². The minimum Gasteiger partial charge on any atom is -0.302 e. The highest BCUT2D eigenvalue weighted by atomic mass is 31.2. The van der Waals surface area contributed by atoms with Gasteiger partial charge in [-0.15, -0.1) is 0 Å². The van der Waals surface area contributed by atoms with Crippen LogP contribution in [-0.4, -0.2) is 161 Å². The van der Waals surface area contributed by atoms with Gasteiger partial charge in [0.2, 0.25) is 0 Å². The van der Waals surface area contributed by atoms with Gasteiger partial charge in [-0.2, -0.15) is 220 Å². The molecular formula is C28H9F50O4P. The number of hydrogen-bond donors (Lipinski definition) is 1. The van der Waals surface area contributed by atoms with Crippen molar-refractivity contribution in [3.8, 4) is 0 Å². The van der Waals surface area contributed by atoms with Crippen LogP contribution >= 0.6 is 7.82 Å². The SMILES string of the molecule is O=P(O)(OCCC(F)(F)C(F)(F)C(F)(F)C(F)(F)C(F)(F)C(F)(F)C(F)(F)C(F)(F)C(F)(F)C(F)(F)C(F)(F)C(F)(F)F)OCCC(F)(F)C(F)(F)C(F)(F)C(F)(F)C(F)(F)C(F)(F)C(F)(F)C(F)(F)C(F)(F)C(F)(F)C(F)(F)C(F)(F)F. The molecule has 0 aliphatic rings. The summed E-state index contributed by atoms with van der Waals surface area (Å²) >= 11 is 0. The zero-order chi connectivity index (χ0) is 68.7. The van der Waals surface area contributed by atoms with Crippen LogP contribution in [0.4, 0.5) is 220 Å². The lowest BCUT2D eigenvalue weighted by atomic mass is 9.84. The summed E-state index contributed by atoms with van der Waals surface area (Å²) in [6.45, 7) is -7.06. The van der Waals surface area contributed by atoms with Gasteiger partial charge in [-0.1, -0.05) is 0 Å². The predicted molar refractivity (Wildman–Crippen MR) is 152 cm³/mol. The topological polar surface area (TPSA) is 55.8 Å². The average molecular weight is 1390 g/mol. The molecule has 0 aromatic rings. The highest BCUT2D eigenvalue weighted by Gasteiger charge is 3.02. The molecule has 0 aliphatic carbocycles. The first kappa shape index (κ1) is 79.6. The molecule has 0 bridgehead atoms. The van der Waals surface area contributed by atoms with Crippen molar-refractivity contribution >= 4 is 7.82 Å². The Morgan fingerprint density at radius 3 is 0.434 bits per heavy atom. The molecule has 4 nitrogen and oxygen atoms in total. The molecule has 0 spiro atoms. The van der Waals surface area contributed by atoms with E-state index in [4.69, 9.17) is 4.89 Å². The van der Waals surface area contributed by atoms with Crippen LogP contribution in [0, 0.1) is 0 Å². The van der Waals surface area contributed by atoms with Crippen LogP contribution in [0.15, 0.2) is 0 Å². The molecule has 0 aliphatic heterocycles. The first-order valence-electron chi connectivity index (χ1n) is 18.0. The summed E-state index contributed by atoms with van der Waals surface area (Å²) in [4.78, 5) is 9.04. The number of hydrogen-bond acceptors (Lipinski definition) is 3. The highest BCUT2D eigenvalue weighted by molar-refractivity contribution is 7.47. The Balaban J connectivity index is 6.92. The molecule has 0 heterocycles.